The number of aliphatic imine (C=N–C) groups is 1. The number of amides is 1. The number of rotatable bonds is 7. The van der Waals surface area contributed by atoms with Crippen molar-refractivity contribution in [2.45, 2.75) is 19.8 Å². The molecule has 6 heteroatoms. The molecular formula is C27H28N4O2. The van der Waals surface area contributed by atoms with Crippen molar-refractivity contribution in [1.29, 1.82) is 0 Å². The highest BCUT2D eigenvalue weighted by Crippen LogP contribution is 2.19. The van der Waals surface area contributed by atoms with E-state index in [2.05, 4.69) is 40.7 Å². The molecule has 0 saturated heterocycles. The first-order valence-electron chi connectivity index (χ1n) is 11.1. The van der Waals surface area contributed by atoms with Crippen LogP contribution in [-0.4, -0.2) is 30.5 Å². The minimum atomic E-state index is -0.249. The molecule has 4 rings (SSSR count). The van der Waals surface area contributed by atoms with Gasteiger partial charge in [0.15, 0.2) is 0 Å². The Morgan fingerprint density at radius 3 is 2.67 bits per heavy atom. The summed E-state index contributed by atoms with van der Waals surface area (Å²) in [6, 6.07) is 23.3. The van der Waals surface area contributed by atoms with E-state index in [1.807, 2.05) is 42.6 Å². The summed E-state index contributed by atoms with van der Waals surface area (Å²) in [7, 11) is 1.58. The van der Waals surface area contributed by atoms with Crippen molar-refractivity contribution in [1.82, 2.24) is 10.3 Å². The van der Waals surface area contributed by atoms with Gasteiger partial charge in [0.05, 0.1) is 7.11 Å². The van der Waals surface area contributed by atoms with Crippen LogP contribution in [0.5, 0.6) is 5.75 Å². The second-order valence-corrected chi connectivity index (χ2v) is 7.66. The Morgan fingerprint density at radius 2 is 1.82 bits per heavy atom. The summed E-state index contributed by atoms with van der Waals surface area (Å²) in [5.74, 6) is 0.801. The van der Waals surface area contributed by atoms with E-state index in [0.29, 0.717) is 23.8 Å². The molecule has 1 amide bonds. The molecule has 1 heterocycles. The van der Waals surface area contributed by atoms with Crippen molar-refractivity contribution in [3.63, 3.8) is 0 Å². The summed E-state index contributed by atoms with van der Waals surface area (Å²) in [4.78, 5) is 21.0. The molecule has 0 aliphatic rings. The zero-order chi connectivity index (χ0) is 23.0. The van der Waals surface area contributed by atoms with Crippen LogP contribution < -0.4 is 15.4 Å². The molecule has 0 saturated carbocycles. The zero-order valence-electron chi connectivity index (χ0n) is 18.9. The summed E-state index contributed by atoms with van der Waals surface area (Å²) in [6.07, 6.45) is 3.64. The van der Waals surface area contributed by atoms with Crippen LogP contribution in [0, 0.1) is 0 Å². The van der Waals surface area contributed by atoms with Crippen LogP contribution in [-0.2, 0) is 12.8 Å². The second kappa shape index (κ2) is 10.5. The van der Waals surface area contributed by atoms with Crippen LogP contribution in [0.2, 0.25) is 0 Å². The molecule has 6 nitrogen and oxygen atoms in total. The number of fused-ring (bicyclic) bond motifs is 1. The second-order valence-electron chi connectivity index (χ2n) is 7.66. The van der Waals surface area contributed by atoms with Gasteiger partial charge in [-0.05, 0) is 54.3 Å². The first-order chi connectivity index (χ1) is 16.2. The number of nitrogens with one attached hydrogen (secondary N) is 3. The minimum absolute atomic E-state index is 0.249. The van der Waals surface area contributed by atoms with E-state index >= 15 is 0 Å². The molecule has 1 aromatic heterocycles. The number of aryl methyl sites for hydroxylation is 1. The molecule has 0 radical (unpaired) electrons. The fourth-order valence-electron chi connectivity index (χ4n) is 3.76. The van der Waals surface area contributed by atoms with Gasteiger partial charge >= 0.3 is 0 Å². The van der Waals surface area contributed by atoms with Crippen molar-refractivity contribution in [2.24, 2.45) is 4.99 Å². The number of ether oxygens (including phenoxy) is 1. The molecule has 0 aliphatic heterocycles. The van der Waals surface area contributed by atoms with Crippen LogP contribution in [0.4, 0.5) is 5.69 Å². The molecular weight excluding hydrogens is 412 g/mol. The van der Waals surface area contributed by atoms with E-state index in [-0.39, 0.29) is 5.91 Å². The van der Waals surface area contributed by atoms with E-state index in [1.165, 1.54) is 10.9 Å². The van der Waals surface area contributed by atoms with Gasteiger partial charge in [0.2, 0.25) is 5.96 Å². The summed E-state index contributed by atoms with van der Waals surface area (Å²) in [5, 5.41) is 7.46. The number of H-pyrrole nitrogens is 1. The Labute approximate surface area is 193 Å². The van der Waals surface area contributed by atoms with Gasteiger partial charge in [0.25, 0.3) is 5.91 Å². The highest BCUT2D eigenvalue weighted by Gasteiger charge is 2.12. The number of carbonyl (C=O) groups is 1. The van der Waals surface area contributed by atoms with E-state index in [0.717, 1.165) is 29.6 Å². The Kier molecular flexibility index (Phi) is 7.05. The topological polar surface area (TPSA) is 78.5 Å². The van der Waals surface area contributed by atoms with Crippen LogP contribution in [0.25, 0.3) is 10.9 Å². The number of benzene rings is 3. The minimum Gasteiger partial charge on any atom is -0.497 e. The number of guanidine groups is 1. The predicted molar refractivity (Wildman–Crippen MR) is 134 cm³/mol. The molecule has 0 spiro atoms. The maximum absolute atomic E-state index is 12.9. The van der Waals surface area contributed by atoms with Crippen molar-refractivity contribution >= 4 is 28.5 Å². The monoisotopic (exact) mass is 440 g/mol. The maximum atomic E-state index is 12.9. The number of hydrogen-bond acceptors (Lipinski definition) is 3. The maximum Gasteiger partial charge on any atom is 0.258 e. The van der Waals surface area contributed by atoms with E-state index in [9.17, 15) is 4.79 Å². The third-order valence-electron chi connectivity index (χ3n) is 5.54. The van der Waals surface area contributed by atoms with E-state index < -0.39 is 0 Å². The SMILES string of the molecule is CCc1ccccc1NC(=NCCc1c[nH]c2ccccc12)NC(=O)c1cccc(OC)c1. The van der Waals surface area contributed by atoms with Gasteiger partial charge in [0, 0.05) is 34.9 Å². The van der Waals surface area contributed by atoms with Gasteiger partial charge in [-0.1, -0.05) is 49.4 Å². The third-order valence-corrected chi connectivity index (χ3v) is 5.54. The van der Waals surface area contributed by atoms with Crippen molar-refractivity contribution < 1.29 is 9.53 Å². The normalized spacial score (nSPS) is 11.4. The smallest absolute Gasteiger partial charge is 0.258 e. The lowest BCUT2D eigenvalue weighted by molar-refractivity contribution is 0.0976. The molecule has 0 unspecified atom stereocenters. The molecule has 3 N–H and O–H groups in total. The molecule has 33 heavy (non-hydrogen) atoms. The lowest BCUT2D eigenvalue weighted by Crippen LogP contribution is -2.36. The molecule has 4 aromatic rings. The number of aromatic nitrogens is 1. The number of para-hydroxylation sites is 2. The molecule has 0 aliphatic carbocycles. The van der Waals surface area contributed by atoms with Gasteiger partial charge < -0.3 is 15.0 Å². The third kappa shape index (κ3) is 5.41. The fraction of sp³-hybridized carbons (Fsp3) is 0.185. The van der Waals surface area contributed by atoms with Crippen LogP contribution >= 0.6 is 0 Å². The first kappa shape index (κ1) is 22.1. The Bertz CT molecular complexity index is 1280. The molecule has 0 bridgehead atoms. The van der Waals surface area contributed by atoms with Gasteiger partial charge in [0.1, 0.15) is 5.75 Å². The predicted octanol–water partition coefficient (Wildman–Crippen LogP) is 5.18. The number of hydrogen-bond donors (Lipinski definition) is 3. The lowest BCUT2D eigenvalue weighted by atomic mass is 10.1. The highest BCUT2D eigenvalue weighted by atomic mass is 16.5. The fourth-order valence-corrected chi connectivity index (χ4v) is 3.76. The van der Waals surface area contributed by atoms with Crippen molar-refractivity contribution in [3.05, 3.63) is 95.7 Å². The van der Waals surface area contributed by atoms with Crippen LogP contribution in [0.3, 0.4) is 0 Å². The van der Waals surface area contributed by atoms with Gasteiger partial charge in [-0.25, -0.2) is 0 Å². The van der Waals surface area contributed by atoms with Gasteiger partial charge in [-0.15, -0.1) is 0 Å². The number of aromatic amines is 1. The average molecular weight is 441 g/mol. The standard InChI is InChI=1S/C27H28N4O2/c1-3-19-9-4-6-13-24(19)30-27(31-26(32)20-10-8-11-22(17-20)33-2)28-16-15-21-18-29-25-14-7-5-12-23(21)25/h4-14,17-18,29H,3,15-16H2,1-2H3,(H2,28,30,31,32). The molecule has 0 fully saturated rings. The molecule has 3 aromatic carbocycles. The first-order valence-corrected chi connectivity index (χ1v) is 11.1. The van der Waals surface area contributed by atoms with Crippen LogP contribution in [0.1, 0.15) is 28.4 Å². The van der Waals surface area contributed by atoms with Gasteiger partial charge in [-0.2, -0.15) is 0 Å². The van der Waals surface area contributed by atoms with E-state index in [1.54, 1.807) is 25.3 Å². The Hall–Kier alpha value is -4.06. The van der Waals surface area contributed by atoms with Crippen molar-refractivity contribution in [2.75, 3.05) is 19.0 Å². The molecule has 0 atom stereocenters. The Morgan fingerprint density at radius 1 is 1.00 bits per heavy atom. The summed E-state index contributed by atoms with van der Waals surface area (Å²) >= 11 is 0. The highest BCUT2D eigenvalue weighted by molar-refractivity contribution is 6.10. The average Bonchev–Trinajstić information content (AvgIpc) is 3.27. The summed E-state index contributed by atoms with van der Waals surface area (Å²) in [5.41, 5.74) is 4.89. The number of carbonyl (C=O) groups excluding carboxylic acids is 1. The number of methoxy groups -OCH3 is 1. The largest absolute Gasteiger partial charge is 0.497 e. The molecule has 168 valence electrons. The van der Waals surface area contributed by atoms with Crippen molar-refractivity contribution in [3.8, 4) is 5.75 Å². The van der Waals surface area contributed by atoms with Gasteiger partial charge in [-0.3, -0.25) is 15.1 Å². The number of anilines is 1. The zero-order valence-corrected chi connectivity index (χ0v) is 18.9. The Balaban J connectivity index is 1.55. The quantitative estimate of drug-likeness (QED) is 0.274. The van der Waals surface area contributed by atoms with E-state index in [4.69, 9.17) is 9.73 Å². The summed E-state index contributed by atoms with van der Waals surface area (Å²) in [6.45, 7) is 2.63. The lowest BCUT2D eigenvalue weighted by Gasteiger charge is -2.15. The summed E-state index contributed by atoms with van der Waals surface area (Å²) < 4.78 is 5.25. The van der Waals surface area contributed by atoms with Crippen LogP contribution in [0.15, 0.2) is 84.0 Å². The number of nitrogens with zero attached hydrogens (tertiary/aromatic N) is 1.